The van der Waals surface area contributed by atoms with Crippen LogP contribution in [0.4, 0.5) is 0 Å². The number of ether oxygens (including phenoxy) is 1. The van der Waals surface area contributed by atoms with E-state index in [-0.39, 0.29) is 35.5 Å². The predicted molar refractivity (Wildman–Crippen MR) is 122 cm³/mol. The zero-order valence-electron chi connectivity index (χ0n) is 17.4. The number of allylic oxidation sites excluding steroid dienone is 2. The lowest BCUT2D eigenvalue weighted by Gasteiger charge is -2.13. The molecule has 0 radical (unpaired) electrons. The average Bonchev–Trinajstić information content (AvgIpc) is 3.51. The summed E-state index contributed by atoms with van der Waals surface area (Å²) >= 11 is 0. The van der Waals surface area contributed by atoms with Gasteiger partial charge in [0.2, 0.25) is 0 Å². The molecular weight excluding hydrogens is 400 g/mol. The number of carbonyl (C=O) groups is 2. The van der Waals surface area contributed by atoms with E-state index in [0.717, 1.165) is 27.9 Å². The first-order chi connectivity index (χ1) is 15.7. The highest BCUT2D eigenvalue weighted by molar-refractivity contribution is 6.06. The maximum Gasteiger partial charge on any atom is 0.254 e. The molecule has 5 heteroatoms. The van der Waals surface area contributed by atoms with Crippen molar-refractivity contribution < 1.29 is 14.3 Å². The molecular formula is C27H22N2O3. The van der Waals surface area contributed by atoms with Gasteiger partial charge in [0.25, 0.3) is 11.8 Å². The predicted octanol–water partition coefficient (Wildman–Crippen LogP) is 4.56. The van der Waals surface area contributed by atoms with E-state index in [1.165, 1.54) is 5.39 Å². The summed E-state index contributed by atoms with van der Waals surface area (Å²) in [6.07, 6.45) is 6.64. The molecule has 2 bridgehead atoms. The van der Waals surface area contributed by atoms with E-state index >= 15 is 0 Å². The normalized spacial score (nSPS) is 25.9. The van der Waals surface area contributed by atoms with Crippen molar-refractivity contribution in [3.63, 3.8) is 0 Å². The van der Waals surface area contributed by atoms with Crippen LogP contribution in [0.5, 0.6) is 5.75 Å². The highest BCUT2D eigenvalue weighted by Crippen LogP contribution is 2.52. The summed E-state index contributed by atoms with van der Waals surface area (Å²) in [6, 6.07) is 21.9. The number of nitrogens with zero attached hydrogens (tertiary/aromatic N) is 2. The second kappa shape index (κ2) is 7.45. The SMILES string of the molecule is O=C1[C@@H]2[C@H](C(=O)N1N=Cc1ccccc1OCc1cccc3ccccc13)[C@H]1C=C[C@H]2C1. The Balaban J connectivity index is 1.22. The molecule has 5 nitrogen and oxygen atoms in total. The number of hydrazone groups is 1. The first-order valence-corrected chi connectivity index (χ1v) is 11.0. The first-order valence-electron chi connectivity index (χ1n) is 11.0. The second-order valence-corrected chi connectivity index (χ2v) is 8.70. The van der Waals surface area contributed by atoms with Gasteiger partial charge in [-0.05, 0) is 46.7 Å². The summed E-state index contributed by atoms with van der Waals surface area (Å²) in [7, 11) is 0. The lowest BCUT2D eigenvalue weighted by molar-refractivity contribution is -0.140. The van der Waals surface area contributed by atoms with Crippen LogP contribution in [0.15, 0.2) is 84.0 Å². The Bertz CT molecular complexity index is 1260. The molecule has 1 saturated carbocycles. The van der Waals surface area contributed by atoms with Gasteiger partial charge < -0.3 is 4.74 Å². The number of benzene rings is 3. The van der Waals surface area contributed by atoms with Gasteiger partial charge in [0.1, 0.15) is 12.4 Å². The van der Waals surface area contributed by atoms with E-state index in [1.54, 1.807) is 6.21 Å². The molecule has 2 fully saturated rings. The molecule has 6 rings (SSSR count). The van der Waals surface area contributed by atoms with Crippen LogP contribution in [0.1, 0.15) is 17.5 Å². The van der Waals surface area contributed by atoms with Crippen LogP contribution in [-0.4, -0.2) is 23.0 Å². The summed E-state index contributed by atoms with van der Waals surface area (Å²) in [6.45, 7) is 0.410. The molecule has 2 amide bonds. The minimum atomic E-state index is -0.243. The van der Waals surface area contributed by atoms with Gasteiger partial charge in [-0.1, -0.05) is 66.7 Å². The average molecular weight is 422 g/mol. The molecule has 2 aliphatic carbocycles. The Labute approximate surface area is 186 Å². The fourth-order valence-corrected chi connectivity index (χ4v) is 5.41. The quantitative estimate of drug-likeness (QED) is 0.344. The van der Waals surface area contributed by atoms with Crippen molar-refractivity contribution in [2.75, 3.05) is 0 Å². The number of hydrogen-bond donors (Lipinski definition) is 0. The Kier molecular flexibility index (Phi) is 4.42. The van der Waals surface area contributed by atoms with Gasteiger partial charge in [-0.15, -0.1) is 0 Å². The molecule has 4 atom stereocenters. The number of carbonyl (C=O) groups excluding carboxylic acids is 2. The minimum Gasteiger partial charge on any atom is -0.488 e. The maximum atomic E-state index is 12.9. The fraction of sp³-hybridized carbons (Fsp3) is 0.222. The summed E-state index contributed by atoms with van der Waals surface area (Å²) in [4.78, 5) is 25.7. The van der Waals surface area contributed by atoms with Crippen LogP contribution in [0.3, 0.4) is 0 Å². The lowest BCUT2D eigenvalue weighted by Crippen LogP contribution is -2.28. The third-order valence-corrected chi connectivity index (χ3v) is 6.94. The van der Waals surface area contributed by atoms with E-state index < -0.39 is 0 Å². The smallest absolute Gasteiger partial charge is 0.254 e. The van der Waals surface area contributed by atoms with Crippen molar-refractivity contribution in [2.45, 2.75) is 13.0 Å². The van der Waals surface area contributed by atoms with Crippen LogP contribution in [0.2, 0.25) is 0 Å². The van der Waals surface area contributed by atoms with Gasteiger partial charge in [-0.25, -0.2) is 0 Å². The van der Waals surface area contributed by atoms with E-state index in [1.807, 2.05) is 42.5 Å². The zero-order chi connectivity index (χ0) is 21.7. The van der Waals surface area contributed by atoms with Crippen molar-refractivity contribution in [1.82, 2.24) is 5.01 Å². The van der Waals surface area contributed by atoms with E-state index in [2.05, 4.69) is 41.5 Å². The van der Waals surface area contributed by atoms with E-state index in [0.29, 0.717) is 12.4 Å². The van der Waals surface area contributed by atoms with Crippen molar-refractivity contribution in [1.29, 1.82) is 0 Å². The lowest BCUT2D eigenvalue weighted by atomic mass is 9.85. The number of rotatable bonds is 5. The largest absolute Gasteiger partial charge is 0.488 e. The molecule has 0 spiro atoms. The van der Waals surface area contributed by atoms with Gasteiger partial charge in [-0.3, -0.25) is 9.59 Å². The summed E-state index contributed by atoms with van der Waals surface area (Å²) in [5.41, 5.74) is 1.82. The molecule has 0 unspecified atom stereocenters. The molecule has 1 aliphatic heterocycles. The highest BCUT2D eigenvalue weighted by Gasteiger charge is 2.59. The monoisotopic (exact) mass is 422 g/mol. The van der Waals surface area contributed by atoms with Crippen LogP contribution in [-0.2, 0) is 16.2 Å². The Morgan fingerprint density at radius 1 is 0.875 bits per heavy atom. The third kappa shape index (κ3) is 2.96. The fourth-order valence-electron chi connectivity index (χ4n) is 5.41. The first kappa shape index (κ1) is 19.0. The van der Waals surface area contributed by atoms with Crippen LogP contribution in [0.25, 0.3) is 10.8 Å². The zero-order valence-corrected chi connectivity index (χ0v) is 17.4. The molecule has 0 N–H and O–H groups in total. The number of hydrogen-bond acceptors (Lipinski definition) is 4. The number of fused-ring (bicyclic) bond motifs is 6. The Morgan fingerprint density at radius 2 is 1.56 bits per heavy atom. The minimum absolute atomic E-state index is 0.178. The van der Waals surface area contributed by atoms with Crippen LogP contribution >= 0.6 is 0 Å². The van der Waals surface area contributed by atoms with Crippen LogP contribution < -0.4 is 4.74 Å². The van der Waals surface area contributed by atoms with Crippen LogP contribution in [0, 0.1) is 23.7 Å². The van der Waals surface area contributed by atoms with Gasteiger partial charge in [0.15, 0.2) is 0 Å². The van der Waals surface area contributed by atoms with E-state index in [4.69, 9.17) is 4.74 Å². The standard InChI is InChI=1S/C27H22N2O3/c30-26-24-18-12-13-19(14-18)25(24)27(31)29(26)28-15-20-7-2-4-11-23(20)32-16-21-9-5-8-17-6-1-3-10-22(17)21/h1-13,15,18-19,24-25H,14,16H2/t18-,19-,24-,25+/m0/s1. The molecule has 3 aromatic carbocycles. The summed E-state index contributed by atoms with van der Waals surface area (Å²) in [5.74, 6) is 0.172. The van der Waals surface area contributed by atoms with Crippen molar-refractivity contribution >= 4 is 28.8 Å². The number of imide groups is 1. The number of amides is 2. The highest BCUT2D eigenvalue weighted by atomic mass is 16.5. The van der Waals surface area contributed by atoms with Gasteiger partial charge in [-0.2, -0.15) is 10.1 Å². The molecule has 32 heavy (non-hydrogen) atoms. The molecule has 158 valence electrons. The Morgan fingerprint density at radius 3 is 2.38 bits per heavy atom. The van der Waals surface area contributed by atoms with Crippen molar-refractivity contribution in [3.05, 3.63) is 90.0 Å². The molecule has 0 aromatic heterocycles. The summed E-state index contributed by atoms with van der Waals surface area (Å²) in [5, 5.41) is 7.70. The molecule has 1 saturated heterocycles. The van der Waals surface area contributed by atoms with Gasteiger partial charge in [0, 0.05) is 5.56 Å². The number of para-hydroxylation sites is 1. The Hall–Kier alpha value is -3.73. The molecule has 3 aromatic rings. The summed E-state index contributed by atoms with van der Waals surface area (Å²) < 4.78 is 6.13. The van der Waals surface area contributed by atoms with Crippen molar-refractivity contribution in [3.8, 4) is 5.75 Å². The maximum absolute atomic E-state index is 12.9. The molecule has 3 aliphatic rings. The van der Waals surface area contributed by atoms with Gasteiger partial charge in [0.05, 0.1) is 18.1 Å². The van der Waals surface area contributed by atoms with Crippen molar-refractivity contribution in [2.24, 2.45) is 28.8 Å². The van der Waals surface area contributed by atoms with Gasteiger partial charge >= 0.3 is 0 Å². The van der Waals surface area contributed by atoms with E-state index in [9.17, 15) is 9.59 Å². The molecule has 1 heterocycles. The third-order valence-electron chi connectivity index (χ3n) is 6.94. The topological polar surface area (TPSA) is 59.0 Å². The second-order valence-electron chi connectivity index (χ2n) is 8.70.